The third-order valence-corrected chi connectivity index (χ3v) is 1.15. The zero-order chi connectivity index (χ0) is 9.56. The van der Waals surface area contributed by atoms with E-state index in [9.17, 15) is 4.79 Å². The predicted molar refractivity (Wildman–Crippen MR) is 49.9 cm³/mol. The topological polar surface area (TPSA) is 87.7 Å². The summed E-state index contributed by atoms with van der Waals surface area (Å²) in [5.41, 5.74) is 8.12. The van der Waals surface area contributed by atoms with Gasteiger partial charge in [0.15, 0.2) is 5.11 Å². The molecule has 0 aromatic carbocycles. The molecule has 0 fully saturated rings. The highest BCUT2D eigenvalue weighted by Gasteiger charge is 1.98. The van der Waals surface area contributed by atoms with Gasteiger partial charge in [0, 0.05) is 5.71 Å². The number of hydrazone groups is 1. The second kappa shape index (κ2) is 5.48. The van der Waals surface area contributed by atoms with Gasteiger partial charge in [-0.3, -0.25) is 10.2 Å². The number of nitrogens with one attached hydrogen (secondary N) is 1. The maximum absolute atomic E-state index is 10.1. The molecule has 0 aliphatic carbocycles. The molecule has 68 valence electrons. The van der Waals surface area contributed by atoms with Crippen molar-refractivity contribution in [1.29, 1.82) is 0 Å². The largest absolute Gasteiger partial charge is 0.481 e. The number of hydrogen-bond donors (Lipinski definition) is 3. The van der Waals surface area contributed by atoms with Gasteiger partial charge in [-0.25, -0.2) is 0 Å². The van der Waals surface area contributed by atoms with Gasteiger partial charge < -0.3 is 10.8 Å². The van der Waals surface area contributed by atoms with Gasteiger partial charge in [0.05, 0.1) is 6.42 Å². The molecule has 12 heavy (non-hydrogen) atoms. The van der Waals surface area contributed by atoms with Crippen molar-refractivity contribution >= 4 is 29.0 Å². The van der Waals surface area contributed by atoms with Crippen LogP contribution in [0.15, 0.2) is 5.10 Å². The Labute approximate surface area is 75.6 Å². The van der Waals surface area contributed by atoms with E-state index in [2.05, 4.69) is 22.7 Å². The molecule has 0 bridgehead atoms. The summed E-state index contributed by atoms with van der Waals surface area (Å²) in [5, 5.41) is 12.1. The summed E-state index contributed by atoms with van der Waals surface area (Å²) in [6.45, 7) is 1.70. The van der Waals surface area contributed by atoms with E-state index < -0.39 is 5.97 Å². The molecule has 4 N–H and O–H groups in total. The van der Waals surface area contributed by atoms with E-state index in [1.165, 1.54) is 0 Å². The average Bonchev–Trinajstić information content (AvgIpc) is 1.96. The summed E-state index contributed by atoms with van der Waals surface area (Å²) in [7, 11) is 0. The highest BCUT2D eigenvalue weighted by molar-refractivity contribution is 7.80. The molecule has 0 heterocycles. The van der Waals surface area contributed by atoms with Crippen molar-refractivity contribution in [3.63, 3.8) is 0 Å². The zero-order valence-corrected chi connectivity index (χ0v) is 7.52. The minimum Gasteiger partial charge on any atom is -0.481 e. The molecule has 0 amide bonds. The van der Waals surface area contributed by atoms with Crippen LogP contribution in [0, 0.1) is 0 Å². The van der Waals surface area contributed by atoms with Crippen LogP contribution in [0.3, 0.4) is 0 Å². The van der Waals surface area contributed by atoms with E-state index in [-0.39, 0.29) is 11.5 Å². The van der Waals surface area contributed by atoms with E-state index in [1.54, 1.807) is 6.92 Å². The molecule has 0 rings (SSSR count). The van der Waals surface area contributed by atoms with E-state index in [0.717, 1.165) is 0 Å². The van der Waals surface area contributed by atoms with Gasteiger partial charge in [-0.1, -0.05) is 0 Å². The van der Waals surface area contributed by atoms with Crippen molar-refractivity contribution in [1.82, 2.24) is 5.43 Å². The molecule has 5 nitrogen and oxygen atoms in total. The van der Waals surface area contributed by atoms with E-state index in [0.29, 0.717) is 12.1 Å². The first kappa shape index (κ1) is 10.8. The number of aliphatic carboxylic acids is 1. The quantitative estimate of drug-likeness (QED) is 0.330. The standard InChI is InChI=1S/C6H11N3O2S/c1-4(2-3-5(10)11)8-9-6(7)12/h2-3H2,1H3,(H,10,11)(H3,7,9,12)/b8-4+. The van der Waals surface area contributed by atoms with Gasteiger partial charge in [0.2, 0.25) is 0 Å². The summed E-state index contributed by atoms with van der Waals surface area (Å²) < 4.78 is 0. The monoisotopic (exact) mass is 189 g/mol. The van der Waals surface area contributed by atoms with Gasteiger partial charge in [-0.15, -0.1) is 0 Å². The third-order valence-electron chi connectivity index (χ3n) is 1.06. The molecule has 0 aliphatic heterocycles. The van der Waals surface area contributed by atoms with Gasteiger partial charge >= 0.3 is 5.97 Å². The smallest absolute Gasteiger partial charge is 0.303 e. The van der Waals surface area contributed by atoms with Crippen LogP contribution in [0.5, 0.6) is 0 Å². The Morgan fingerprint density at radius 2 is 2.25 bits per heavy atom. The van der Waals surface area contributed by atoms with Crippen molar-refractivity contribution in [3.8, 4) is 0 Å². The highest BCUT2D eigenvalue weighted by Crippen LogP contribution is 1.91. The summed E-state index contributed by atoms with van der Waals surface area (Å²) in [4.78, 5) is 10.1. The molecule has 6 heteroatoms. The number of carboxylic acids is 1. The number of nitrogens with zero attached hydrogens (tertiary/aromatic N) is 1. The van der Waals surface area contributed by atoms with Gasteiger partial charge in [0.1, 0.15) is 0 Å². The van der Waals surface area contributed by atoms with Crippen LogP contribution in [-0.4, -0.2) is 21.9 Å². The fourth-order valence-electron chi connectivity index (χ4n) is 0.494. The molecule has 0 spiro atoms. The summed E-state index contributed by atoms with van der Waals surface area (Å²) in [6, 6.07) is 0. The number of rotatable bonds is 4. The minimum atomic E-state index is -0.847. The number of thiocarbonyl (C=S) groups is 1. The number of hydrogen-bond acceptors (Lipinski definition) is 3. The molecule has 0 aromatic heterocycles. The van der Waals surface area contributed by atoms with Crippen LogP contribution in [0.2, 0.25) is 0 Å². The van der Waals surface area contributed by atoms with Crippen molar-refractivity contribution in [2.75, 3.05) is 0 Å². The molecule has 0 unspecified atom stereocenters. The Bertz CT molecular complexity index is 215. The lowest BCUT2D eigenvalue weighted by Gasteiger charge is -1.98. The number of carboxylic acid groups (broad SMARTS) is 1. The van der Waals surface area contributed by atoms with Crippen molar-refractivity contribution < 1.29 is 9.90 Å². The second-order valence-corrected chi connectivity index (χ2v) is 2.66. The normalized spacial score (nSPS) is 10.9. The minimum absolute atomic E-state index is 0.0638. The first-order chi connectivity index (χ1) is 5.52. The average molecular weight is 189 g/mol. The lowest BCUT2D eigenvalue weighted by atomic mass is 10.2. The molecule has 0 saturated carbocycles. The molecule has 0 radical (unpaired) electrons. The molecule has 0 saturated heterocycles. The molecule has 0 atom stereocenters. The van der Waals surface area contributed by atoms with Gasteiger partial charge in [0.25, 0.3) is 0 Å². The van der Waals surface area contributed by atoms with E-state index in [4.69, 9.17) is 10.8 Å². The maximum atomic E-state index is 10.1. The molecular weight excluding hydrogens is 178 g/mol. The van der Waals surface area contributed by atoms with Crippen LogP contribution >= 0.6 is 12.2 Å². The SMILES string of the molecule is C/C(CCC(=O)O)=N\NC(N)=S. The molecule has 0 aliphatic rings. The first-order valence-corrected chi connectivity index (χ1v) is 3.73. The molecular formula is C6H11N3O2S. The lowest BCUT2D eigenvalue weighted by Crippen LogP contribution is -2.25. The summed E-state index contributed by atoms with van der Waals surface area (Å²) >= 11 is 4.49. The van der Waals surface area contributed by atoms with Crippen LogP contribution in [0.1, 0.15) is 19.8 Å². The highest BCUT2D eigenvalue weighted by atomic mass is 32.1. The Kier molecular flexibility index (Phi) is 4.94. The van der Waals surface area contributed by atoms with Gasteiger partial charge in [-0.2, -0.15) is 5.10 Å². The van der Waals surface area contributed by atoms with Crippen LogP contribution in [0.4, 0.5) is 0 Å². The van der Waals surface area contributed by atoms with E-state index in [1.807, 2.05) is 0 Å². The lowest BCUT2D eigenvalue weighted by molar-refractivity contribution is -0.136. The van der Waals surface area contributed by atoms with Crippen molar-refractivity contribution in [2.24, 2.45) is 10.8 Å². The predicted octanol–water partition coefficient (Wildman–Crippen LogP) is 0.0603. The van der Waals surface area contributed by atoms with Gasteiger partial charge in [-0.05, 0) is 25.6 Å². The summed E-state index contributed by atoms with van der Waals surface area (Å²) in [6.07, 6.45) is 0.458. The zero-order valence-electron chi connectivity index (χ0n) is 6.70. The molecule has 0 aromatic rings. The van der Waals surface area contributed by atoms with Crippen molar-refractivity contribution in [3.05, 3.63) is 0 Å². The number of carbonyl (C=O) groups is 1. The third kappa shape index (κ3) is 6.94. The first-order valence-electron chi connectivity index (χ1n) is 3.32. The maximum Gasteiger partial charge on any atom is 0.303 e. The fourth-order valence-corrected chi connectivity index (χ4v) is 0.540. The van der Waals surface area contributed by atoms with Crippen molar-refractivity contribution in [2.45, 2.75) is 19.8 Å². The van der Waals surface area contributed by atoms with Crippen LogP contribution in [0.25, 0.3) is 0 Å². The van der Waals surface area contributed by atoms with Crippen LogP contribution < -0.4 is 11.2 Å². The van der Waals surface area contributed by atoms with Crippen LogP contribution in [-0.2, 0) is 4.79 Å². The number of nitrogens with two attached hydrogens (primary N) is 1. The summed E-state index contributed by atoms with van der Waals surface area (Å²) in [5.74, 6) is -0.847. The Balaban J connectivity index is 3.70. The Hall–Kier alpha value is -1.17. The Morgan fingerprint density at radius 1 is 1.67 bits per heavy atom. The fraction of sp³-hybridized carbons (Fsp3) is 0.500. The van der Waals surface area contributed by atoms with E-state index >= 15 is 0 Å². The second-order valence-electron chi connectivity index (χ2n) is 2.22. The Morgan fingerprint density at radius 3 is 2.67 bits per heavy atom.